The van der Waals surface area contributed by atoms with Gasteiger partial charge in [0.15, 0.2) is 17.8 Å². The number of esters is 2. The van der Waals surface area contributed by atoms with Crippen molar-refractivity contribution < 1.29 is 52.4 Å². The Bertz CT molecular complexity index is 2070. The van der Waals surface area contributed by atoms with Gasteiger partial charge in [-0.25, -0.2) is 19.2 Å². The number of carboxylic acid groups (broad SMARTS) is 2. The minimum absolute atomic E-state index is 0.0616. The Balaban J connectivity index is 0.000000245. The molecule has 0 aliphatic rings. The van der Waals surface area contributed by atoms with Gasteiger partial charge in [-0.05, 0) is 76.2 Å². The maximum Gasteiger partial charge on any atom is 0.341 e. The number of carbonyl (C=O) groups is 4. The lowest BCUT2D eigenvalue weighted by Crippen LogP contribution is -2.21. The van der Waals surface area contributed by atoms with Gasteiger partial charge in [0.25, 0.3) is 0 Å². The fourth-order valence-electron chi connectivity index (χ4n) is 5.16. The summed E-state index contributed by atoms with van der Waals surface area (Å²) >= 11 is 11.8. The van der Waals surface area contributed by atoms with E-state index in [9.17, 15) is 29.4 Å². The summed E-state index contributed by atoms with van der Waals surface area (Å²) in [4.78, 5) is 47.4. The lowest BCUT2D eigenvalue weighted by molar-refractivity contribution is -0.139. The molecule has 2 unspecified atom stereocenters. The fraction of sp³-hybridized carbons (Fsp3) is 0.211. The molecule has 15 heteroatoms. The van der Waals surface area contributed by atoms with Crippen molar-refractivity contribution >= 4 is 58.5 Å². The molecular weight excluding hydrogens is 731 g/mol. The van der Waals surface area contributed by atoms with Crippen LogP contribution in [0.15, 0.2) is 87.7 Å². The summed E-state index contributed by atoms with van der Waals surface area (Å²) < 4.78 is 26.6. The third-order valence-electron chi connectivity index (χ3n) is 7.55. The number of aliphatic carboxylic acids is 2. The Hall–Kier alpha value is -5.92. The molecule has 0 aliphatic heterocycles. The number of aryl methyl sites for hydroxylation is 2. The van der Waals surface area contributed by atoms with Crippen molar-refractivity contribution in [2.24, 2.45) is 0 Å². The summed E-state index contributed by atoms with van der Waals surface area (Å²) in [5.41, 5.74) is 1.71. The van der Waals surface area contributed by atoms with Crippen molar-refractivity contribution in [1.29, 1.82) is 0 Å². The number of hydrogen-bond acceptors (Lipinski definition) is 11. The molecule has 0 spiro atoms. The predicted octanol–water partition coefficient (Wildman–Crippen LogP) is 9.02. The second-order valence-electron chi connectivity index (χ2n) is 11.3. The molecule has 2 aromatic heterocycles. The third kappa shape index (κ3) is 10.1. The smallest absolute Gasteiger partial charge is 0.341 e. The number of nitrogens with one attached hydrogen (secondary N) is 2. The van der Waals surface area contributed by atoms with Crippen molar-refractivity contribution in [2.45, 2.75) is 39.8 Å². The minimum Gasteiger partial charge on any atom is -0.479 e. The molecule has 2 heterocycles. The fourth-order valence-corrected chi connectivity index (χ4v) is 5.69. The lowest BCUT2D eigenvalue weighted by Gasteiger charge is -2.18. The largest absolute Gasteiger partial charge is 0.479 e. The first-order valence-corrected chi connectivity index (χ1v) is 16.7. The van der Waals surface area contributed by atoms with Crippen molar-refractivity contribution in [3.8, 4) is 11.5 Å². The Kier molecular flexibility index (Phi) is 13.6. The normalized spacial score (nSPS) is 11.7. The summed E-state index contributed by atoms with van der Waals surface area (Å²) in [5, 5.41) is 25.7. The van der Waals surface area contributed by atoms with E-state index in [1.807, 2.05) is 18.2 Å². The van der Waals surface area contributed by atoms with E-state index in [1.165, 1.54) is 31.4 Å². The van der Waals surface area contributed by atoms with E-state index in [2.05, 4.69) is 15.4 Å². The van der Waals surface area contributed by atoms with Crippen LogP contribution in [0.1, 0.15) is 68.3 Å². The van der Waals surface area contributed by atoms with Gasteiger partial charge >= 0.3 is 23.9 Å². The van der Waals surface area contributed by atoms with Crippen LogP contribution < -0.4 is 15.4 Å². The van der Waals surface area contributed by atoms with E-state index in [4.69, 9.17) is 41.5 Å². The van der Waals surface area contributed by atoms with Gasteiger partial charge in [-0.2, -0.15) is 0 Å². The molecule has 278 valence electrons. The van der Waals surface area contributed by atoms with Crippen molar-refractivity contribution in [1.82, 2.24) is 0 Å². The number of halogens is 2. The summed E-state index contributed by atoms with van der Waals surface area (Å²) in [6.07, 6.45) is 0. The third-order valence-corrected chi connectivity index (χ3v) is 7.99. The van der Waals surface area contributed by atoms with Crippen molar-refractivity contribution in [3.05, 3.63) is 129 Å². The molecule has 4 N–H and O–H groups in total. The van der Waals surface area contributed by atoms with Gasteiger partial charge in [0.05, 0.1) is 19.4 Å². The molecule has 0 fully saturated rings. The van der Waals surface area contributed by atoms with Gasteiger partial charge in [0.2, 0.25) is 0 Å². The Morgan fingerprint density at radius 3 is 2.00 bits per heavy atom. The first-order valence-electron chi connectivity index (χ1n) is 16.0. The van der Waals surface area contributed by atoms with E-state index in [0.717, 1.165) is 0 Å². The van der Waals surface area contributed by atoms with Crippen molar-refractivity contribution in [3.63, 3.8) is 0 Å². The summed E-state index contributed by atoms with van der Waals surface area (Å²) in [6, 6.07) is 19.6. The number of anilines is 2. The van der Waals surface area contributed by atoms with Crippen LogP contribution >= 0.6 is 23.2 Å². The predicted molar refractivity (Wildman–Crippen MR) is 196 cm³/mol. The van der Waals surface area contributed by atoms with Crippen LogP contribution in [0, 0.1) is 20.8 Å². The topological polar surface area (TPSA) is 187 Å². The number of ether oxygens (including phenoxy) is 3. The molecule has 5 rings (SSSR count). The molecular formula is C38H36Cl2N2O11. The number of carboxylic acids is 2. The van der Waals surface area contributed by atoms with Gasteiger partial charge < -0.3 is 43.9 Å². The minimum atomic E-state index is -1.23. The van der Waals surface area contributed by atoms with Gasteiger partial charge in [-0.15, -0.1) is 0 Å². The van der Waals surface area contributed by atoms with Crippen LogP contribution in [0.2, 0.25) is 10.0 Å². The second-order valence-corrected chi connectivity index (χ2v) is 12.1. The highest BCUT2D eigenvalue weighted by molar-refractivity contribution is 6.35. The summed E-state index contributed by atoms with van der Waals surface area (Å²) in [6.45, 7) is 6.71. The van der Waals surface area contributed by atoms with E-state index in [1.54, 1.807) is 64.1 Å². The molecule has 0 saturated carbocycles. The standard InChI is InChI=1S/C23H23NO6.C15H13Cl2NO5/c1-4-28-23(27)19-14(2)21(29-15(19)3)20(22(25)26)24-17-12-8-9-13-18(17)30-16-10-6-5-7-11-16;1-7-11(15(21)22-2)6-12(23-7)13(14(19)20)18-10-4-8(16)3-9(17)5-10/h5-13,20,24H,4H2,1-3H3,(H,25,26);3-6,13,18H,1-2H3,(H,19,20). The number of hydrogen-bond donors (Lipinski definition) is 4. The Morgan fingerprint density at radius 1 is 0.774 bits per heavy atom. The number of furan rings is 2. The number of rotatable bonds is 13. The van der Waals surface area contributed by atoms with Gasteiger partial charge in [-0.3, -0.25) is 0 Å². The number of para-hydroxylation sites is 3. The van der Waals surface area contributed by atoms with Gasteiger partial charge in [0.1, 0.15) is 39.9 Å². The maximum absolute atomic E-state index is 12.2. The zero-order valence-electron chi connectivity index (χ0n) is 29.2. The van der Waals surface area contributed by atoms with Crippen LogP contribution in [0.4, 0.5) is 11.4 Å². The van der Waals surface area contributed by atoms with E-state index in [0.29, 0.717) is 44.2 Å². The number of benzene rings is 3. The van der Waals surface area contributed by atoms with Crippen LogP contribution in [0.25, 0.3) is 0 Å². The Morgan fingerprint density at radius 2 is 1.40 bits per heavy atom. The van der Waals surface area contributed by atoms with Gasteiger partial charge in [-0.1, -0.05) is 53.5 Å². The second kappa shape index (κ2) is 18.0. The highest BCUT2D eigenvalue weighted by atomic mass is 35.5. The molecule has 0 saturated heterocycles. The van der Waals surface area contributed by atoms with Crippen LogP contribution in [0.3, 0.4) is 0 Å². The van der Waals surface area contributed by atoms with E-state index < -0.39 is 36.0 Å². The van der Waals surface area contributed by atoms with Crippen LogP contribution in [-0.2, 0) is 19.1 Å². The van der Waals surface area contributed by atoms with Gasteiger partial charge in [0, 0.05) is 21.3 Å². The average molecular weight is 768 g/mol. The zero-order valence-corrected chi connectivity index (χ0v) is 30.7. The first kappa shape index (κ1) is 39.9. The van der Waals surface area contributed by atoms with Crippen LogP contribution in [-0.4, -0.2) is 47.8 Å². The Labute approximate surface area is 314 Å². The highest BCUT2D eigenvalue weighted by Crippen LogP contribution is 2.35. The number of carbonyl (C=O) groups excluding carboxylic acids is 2. The molecule has 0 amide bonds. The molecule has 2 atom stereocenters. The quantitative estimate of drug-likeness (QED) is 0.0832. The van der Waals surface area contributed by atoms with E-state index >= 15 is 0 Å². The molecule has 0 aliphatic carbocycles. The molecule has 5 aromatic rings. The van der Waals surface area contributed by atoms with E-state index in [-0.39, 0.29) is 35.0 Å². The molecule has 0 radical (unpaired) electrons. The zero-order chi connectivity index (χ0) is 38.8. The maximum atomic E-state index is 12.2. The lowest BCUT2D eigenvalue weighted by atomic mass is 10.1. The molecule has 13 nitrogen and oxygen atoms in total. The molecule has 53 heavy (non-hydrogen) atoms. The summed E-state index contributed by atoms with van der Waals surface area (Å²) in [7, 11) is 1.23. The SMILES string of the molecule is CCOC(=O)c1c(C)oc(C(Nc2ccccc2Oc2ccccc2)C(=O)O)c1C.COC(=O)c1cc(C(Nc2cc(Cl)cc(Cl)c2)C(=O)O)oc1C. The highest BCUT2D eigenvalue weighted by Gasteiger charge is 2.32. The number of methoxy groups -OCH3 is 1. The van der Waals surface area contributed by atoms with Crippen molar-refractivity contribution in [2.75, 3.05) is 24.4 Å². The van der Waals surface area contributed by atoms with Crippen LogP contribution in [0.5, 0.6) is 11.5 Å². The average Bonchev–Trinajstić information content (AvgIpc) is 3.64. The first-order chi connectivity index (χ1) is 25.2. The summed E-state index contributed by atoms with van der Waals surface area (Å²) in [5.74, 6) is -1.64. The molecule has 3 aromatic carbocycles. The molecule has 0 bridgehead atoms. The monoisotopic (exact) mass is 766 g/mol.